The fourth-order valence-corrected chi connectivity index (χ4v) is 3.95. The maximum atomic E-state index is 6.67. The van der Waals surface area contributed by atoms with Gasteiger partial charge in [-0.3, -0.25) is 0 Å². The van der Waals surface area contributed by atoms with E-state index in [0.29, 0.717) is 0 Å². The molecule has 1 aliphatic rings. The number of hydrogen-bond acceptors (Lipinski definition) is 0. The molecule has 2 aromatic carbocycles. The number of halogens is 1. The summed E-state index contributed by atoms with van der Waals surface area (Å²) in [6.07, 6.45) is 4.65. The first-order valence-corrected chi connectivity index (χ1v) is 9.17. The summed E-state index contributed by atoms with van der Waals surface area (Å²) in [5.74, 6) is 0. The number of allylic oxidation sites excluding steroid dienone is 1. The molecule has 0 N–H and O–H groups in total. The maximum absolute atomic E-state index is 6.67. The van der Waals surface area contributed by atoms with Crippen LogP contribution in [-0.4, -0.2) is 0 Å². The van der Waals surface area contributed by atoms with Crippen LogP contribution in [0.3, 0.4) is 0 Å². The van der Waals surface area contributed by atoms with Crippen molar-refractivity contribution in [2.45, 2.75) is 58.3 Å². The van der Waals surface area contributed by atoms with Crippen LogP contribution in [0, 0.1) is 0 Å². The number of fused-ring (bicyclic) bond motifs is 1. The highest BCUT2D eigenvalue weighted by atomic mass is 35.5. The van der Waals surface area contributed by atoms with Crippen molar-refractivity contribution in [3.05, 3.63) is 69.7 Å². The van der Waals surface area contributed by atoms with Gasteiger partial charge >= 0.3 is 0 Å². The van der Waals surface area contributed by atoms with Crippen molar-refractivity contribution in [1.82, 2.24) is 0 Å². The first kappa shape index (κ1) is 17.3. The largest absolute Gasteiger partial charge is 0.0837 e. The summed E-state index contributed by atoms with van der Waals surface area (Å²) >= 11 is 6.67. The minimum Gasteiger partial charge on any atom is -0.0837 e. The quantitative estimate of drug-likeness (QED) is 0.506. The fraction of sp³-hybridized carbons (Fsp3) is 0.391. The van der Waals surface area contributed by atoms with Crippen molar-refractivity contribution in [3.8, 4) is 0 Å². The van der Waals surface area contributed by atoms with Crippen LogP contribution < -0.4 is 0 Å². The van der Waals surface area contributed by atoms with Gasteiger partial charge in [0.05, 0.1) is 0 Å². The van der Waals surface area contributed by atoms with Crippen LogP contribution in [0.25, 0.3) is 11.6 Å². The molecule has 0 atom stereocenters. The first-order valence-electron chi connectivity index (χ1n) is 8.79. The first-order chi connectivity index (χ1) is 11.2. The molecule has 0 bridgehead atoms. The van der Waals surface area contributed by atoms with Gasteiger partial charge in [0.15, 0.2) is 0 Å². The van der Waals surface area contributed by atoms with Gasteiger partial charge in [-0.05, 0) is 76.6 Å². The van der Waals surface area contributed by atoms with Gasteiger partial charge in [0.2, 0.25) is 0 Å². The number of benzene rings is 2. The van der Waals surface area contributed by atoms with Gasteiger partial charge in [-0.25, -0.2) is 0 Å². The summed E-state index contributed by atoms with van der Waals surface area (Å²) in [6.45, 7) is 11.5. The molecule has 126 valence electrons. The van der Waals surface area contributed by atoms with Crippen molar-refractivity contribution in [2.24, 2.45) is 0 Å². The summed E-state index contributed by atoms with van der Waals surface area (Å²) in [6, 6.07) is 15.0. The van der Waals surface area contributed by atoms with E-state index in [9.17, 15) is 0 Å². The van der Waals surface area contributed by atoms with Gasteiger partial charge in [-0.1, -0.05) is 69.6 Å². The molecule has 3 rings (SSSR count). The molecule has 0 heterocycles. The van der Waals surface area contributed by atoms with E-state index < -0.39 is 0 Å². The van der Waals surface area contributed by atoms with E-state index in [4.69, 9.17) is 11.6 Å². The Morgan fingerprint density at radius 1 is 0.917 bits per heavy atom. The van der Waals surface area contributed by atoms with Gasteiger partial charge < -0.3 is 0 Å². The minimum absolute atomic E-state index is 0.200. The predicted octanol–water partition coefficient (Wildman–Crippen LogP) is 7.25. The third-order valence-electron chi connectivity index (χ3n) is 5.57. The van der Waals surface area contributed by atoms with Crippen molar-refractivity contribution in [3.63, 3.8) is 0 Å². The average molecular weight is 339 g/mol. The lowest BCUT2D eigenvalue weighted by atomic mass is 9.63. The molecule has 0 aliphatic heterocycles. The molecular weight excluding hydrogens is 312 g/mol. The smallest absolute Gasteiger partial charge is 0.0481 e. The summed E-state index contributed by atoms with van der Waals surface area (Å²) in [7, 11) is 0. The second kappa shape index (κ2) is 6.08. The zero-order valence-corrected chi connectivity index (χ0v) is 16.2. The Hall–Kier alpha value is -1.53. The molecule has 0 spiro atoms. The Bertz CT molecular complexity index is 779. The van der Waals surface area contributed by atoms with E-state index >= 15 is 0 Å². The van der Waals surface area contributed by atoms with Gasteiger partial charge in [0.1, 0.15) is 0 Å². The number of hydrogen-bond donors (Lipinski definition) is 0. The molecule has 0 saturated heterocycles. The molecule has 0 radical (unpaired) electrons. The van der Waals surface area contributed by atoms with Crippen LogP contribution in [0.15, 0.2) is 42.5 Å². The summed E-state index contributed by atoms with van der Waals surface area (Å²) in [5, 5.41) is 0.856. The molecule has 0 nitrogen and oxygen atoms in total. The van der Waals surface area contributed by atoms with E-state index in [1.807, 2.05) is 6.07 Å². The highest BCUT2D eigenvalue weighted by Gasteiger charge is 2.37. The Balaban J connectivity index is 2.12. The van der Waals surface area contributed by atoms with E-state index in [0.717, 1.165) is 10.6 Å². The molecule has 0 aromatic heterocycles. The normalized spacial score (nSPS) is 19.0. The van der Waals surface area contributed by atoms with Crippen LogP contribution in [0.1, 0.15) is 69.7 Å². The Kier molecular flexibility index (Phi) is 4.38. The zero-order chi connectivity index (χ0) is 17.5. The third-order valence-corrected chi connectivity index (χ3v) is 5.90. The van der Waals surface area contributed by atoms with Crippen LogP contribution in [0.4, 0.5) is 0 Å². The Labute approximate surface area is 151 Å². The Morgan fingerprint density at radius 2 is 1.46 bits per heavy atom. The van der Waals surface area contributed by atoms with Crippen molar-refractivity contribution < 1.29 is 0 Å². The van der Waals surface area contributed by atoms with E-state index in [1.54, 1.807) is 0 Å². The number of rotatable bonds is 2. The third kappa shape index (κ3) is 3.17. The lowest BCUT2D eigenvalue weighted by Crippen LogP contribution is -2.33. The van der Waals surface area contributed by atoms with E-state index in [2.05, 4.69) is 77.1 Å². The van der Waals surface area contributed by atoms with Crippen LogP contribution >= 0.6 is 11.6 Å². The van der Waals surface area contributed by atoms with Crippen molar-refractivity contribution in [2.75, 3.05) is 0 Å². The molecule has 2 aromatic rings. The summed E-state index contributed by atoms with van der Waals surface area (Å²) < 4.78 is 0. The highest BCUT2D eigenvalue weighted by Crippen LogP contribution is 2.47. The zero-order valence-electron chi connectivity index (χ0n) is 15.4. The van der Waals surface area contributed by atoms with Crippen LogP contribution in [0.5, 0.6) is 0 Å². The molecule has 0 unspecified atom stereocenters. The monoisotopic (exact) mass is 338 g/mol. The lowest BCUT2D eigenvalue weighted by molar-refractivity contribution is 0.332. The second-order valence-corrected chi connectivity index (χ2v) is 8.79. The van der Waals surface area contributed by atoms with Crippen LogP contribution in [0.2, 0.25) is 5.02 Å². The van der Waals surface area contributed by atoms with Gasteiger partial charge in [0.25, 0.3) is 0 Å². The average Bonchev–Trinajstić information content (AvgIpc) is 2.54. The minimum atomic E-state index is 0.200. The maximum Gasteiger partial charge on any atom is 0.0481 e. The topological polar surface area (TPSA) is 0 Å². The molecule has 1 heteroatoms. The standard InChI is InChI=1S/C23H27Cl/c1-16(17-9-7-6-8-10-17)13-18-14-19-20(15-21(18)24)23(4,5)12-11-22(19,2)3/h6-10,13-15H,11-12H2,1-5H3. The summed E-state index contributed by atoms with van der Waals surface area (Å²) in [4.78, 5) is 0. The SMILES string of the molecule is CC(=Cc1cc2c(cc1Cl)C(C)(C)CCC2(C)C)c1ccccc1. The molecule has 0 amide bonds. The van der Waals surface area contributed by atoms with Gasteiger partial charge in [-0.2, -0.15) is 0 Å². The molecule has 0 fully saturated rings. The van der Waals surface area contributed by atoms with E-state index in [-0.39, 0.29) is 10.8 Å². The fourth-order valence-electron chi connectivity index (χ4n) is 3.73. The predicted molar refractivity (Wildman–Crippen MR) is 107 cm³/mol. The molecule has 1 aliphatic carbocycles. The molecule has 0 saturated carbocycles. The molecule has 24 heavy (non-hydrogen) atoms. The van der Waals surface area contributed by atoms with E-state index in [1.165, 1.54) is 35.1 Å². The Morgan fingerprint density at radius 3 is 2.04 bits per heavy atom. The van der Waals surface area contributed by atoms with Crippen molar-refractivity contribution >= 4 is 23.3 Å². The molecular formula is C23H27Cl. The summed E-state index contributed by atoms with van der Waals surface area (Å²) in [5.41, 5.74) is 6.89. The van der Waals surface area contributed by atoms with Crippen LogP contribution in [-0.2, 0) is 10.8 Å². The highest BCUT2D eigenvalue weighted by molar-refractivity contribution is 6.32. The lowest BCUT2D eigenvalue weighted by Gasteiger charge is -2.42. The van der Waals surface area contributed by atoms with Gasteiger partial charge in [-0.15, -0.1) is 0 Å². The van der Waals surface area contributed by atoms with Crippen molar-refractivity contribution in [1.29, 1.82) is 0 Å². The second-order valence-electron chi connectivity index (χ2n) is 8.38. The van der Waals surface area contributed by atoms with Gasteiger partial charge in [0, 0.05) is 5.02 Å².